The van der Waals surface area contributed by atoms with Gasteiger partial charge in [0.15, 0.2) is 0 Å². The molecule has 1 amide bonds. The molecular formula is C21H18N6O2S. The summed E-state index contributed by atoms with van der Waals surface area (Å²) in [4.78, 5) is 25.5. The number of hydrogen-bond donors (Lipinski definition) is 1. The normalized spacial score (nSPS) is 13.2. The number of carbonyl (C=O) groups excluding carboxylic acids is 1. The summed E-state index contributed by atoms with van der Waals surface area (Å²) >= 11 is 1.53. The Balaban J connectivity index is 1.31. The SMILES string of the molecule is O=C(Nc1cc(C2CC2)nn1-c1ncccn1)c1ccc(OCc2cscn2)cc1. The minimum atomic E-state index is -0.236. The number of aromatic nitrogens is 5. The van der Waals surface area contributed by atoms with Crippen LogP contribution in [0.4, 0.5) is 5.82 Å². The summed E-state index contributed by atoms with van der Waals surface area (Å²) in [5, 5.41) is 9.48. The summed E-state index contributed by atoms with van der Waals surface area (Å²) in [6.45, 7) is 0.398. The van der Waals surface area contributed by atoms with Gasteiger partial charge in [-0.3, -0.25) is 4.79 Å². The highest BCUT2D eigenvalue weighted by molar-refractivity contribution is 7.07. The number of anilines is 1. The van der Waals surface area contributed by atoms with E-state index in [-0.39, 0.29) is 5.91 Å². The second-order valence-electron chi connectivity index (χ2n) is 6.94. The smallest absolute Gasteiger partial charge is 0.256 e. The van der Waals surface area contributed by atoms with Gasteiger partial charge in [-0.05, 0) is 43.2 Å². The summed E-state index contributed by atoms with van der Waals surface area (Å²) in [7, 11) is 0. The van der Waals surface area contributed by atoms with E-state index in [4.69, 9.17) is 4.74 Å². The Bertz CT molecular complexity index is 1140. The third-order valence-corrected chi connectivity index (χ3v) is 5.33. The molecule has 4 aromatic rings. The maximum atomic E-state index is 12.8. The van der Waals surface area contributed by atoms with Crippen LogP contribution < -0.4 is 10.1 Å². The van der Waals surface area contributed by atoms with E-state index in [2.05, 4.69) is 25.4 Å². The van der Waals surface area contributed by atoms with Gasteiger partial charge < -0.3 is 10.1 Å². The van der Waals surface area contributed by atoms with Crippen molar-refractivity contribution in [2.75, 3.05) is 5.32 Å². The quantitative estimate of drug-likeness (QED) is 0.490. The van der Waals surface area contributed by atoms with Crippen LogP contribution in [0.15, 0.2) is 59.7 Å². The fourth-order valence-electron chi connectivity index (χ4n) is 2.98. The zero-order valence-electron chi connectivity index (χ0n) is 15.9. The van der Waals surface area contributed by atoms with Crippen molar-refractivity contribution in [3.8, 4) is 11.7 Å². The maximum Gasteiger partial charge on any atom is 0.256 e. The van der Waals surface area contributed by atoms with Crippen LogP contribution in [0, 0.1) is 0 Å². The van der Waals surface area contributed by atoms with E-state index in [1.165, 1.54) is 11.3 Å². The van der Waals surface area contributed by atoms with Gasteiger partial charge in [-0.15, -0.1) is 11.3 Å². The number of hydrogen-bond acceptors (Lipinski definition) is 7. The first kappa shape index (κ1) is 18.4. The van der Waals surface area contributed by atoms with Crippen molar-refractivity contribution in [2.45, 2.75) is 25.4 Å². The summed E-state index contributed by atoms with van der Waals surface area (Å²) in [6, 6.07) is 10.6. The highest BCUT2D eigenvalue weighted by atomic mass is 32.1. The lowest BCUT2D eigenvalue weighted by Gasteiger charge is -2.08. The Labute approximate surface area is 176 Å². The molecule has 5 rings (SSSR count). The number of nitrogens with one attached hydrogen (secondary N) is 1. The molecule has 0 bridgehead atoms. The predicted octanol–water partition coefficient (Wildman–Crippen LogP) is 3.83. The summed E-state index contributed by atoms with van der Waals surface area (Å²) in [6.07, 6.45) is 5.53. The molecule has 3 heterocycles. The minimum absolute atomic E-state index is 0.236. The van der Waals surface area contributed by atoms with Crippen molar-refractivity contribution in [3.63, 3.8) is 0 Å². The molecule has 3 aromatic heterocycles. The first-order valence-corrected chi connectivity index (χ1v) is 10.5. The van der Waals surface area contributed by atoms with Gasteiger partial charge in [0.1, 0.15) is 18.2 Å². The Morgan fingerprint density at radius 2 is 1.97 bits per heavy atom. The Morgan fingerprint density at radius 1 is 1.17 bits per heavy atom. The van der Waals surface area contributed by atoms with Crippen LogP contribution in [0.25, 0.3) is 5.95 Å². The van der Waals surface area contributed by atoms with E-state index in [0.29, 0.717) is 35.6 Å². The fraction of sp³-hybridized carbons (Fsp3) is 0.190. The third kappa shape index (κ3) is 4.06. The van der Waals surface area contributed by atoms with Crippen molar-refractivity contribution < 1.29 is 9.53 Å². The first-order valence-electron chi connectivity index (χ1n) is 9.55. The van der Waals surface area contributed by atoms with Gasteiger partial charge in [0.2, 0.25) is 0 Å². The second kappa shape index (κ2) is 8.03. The Hall–Kier alpha value is -3.59. The average Bonchev–Trinajstić information content (AvgIpc) is 3.34. The molecule has 1 aliphatic rings. The lowest BCUT2D eigenvalue weighted by atomic mass is 10.2. The van der Waals surface area contributed by atoms with Crippen LogP contribution in [0.1, 0.15) is 40.5 Å². The van der Waals surface area contributed by atoms with Gasteiger partial charge >= 0.3 is 0 Å². The van der Waals surface area contributed by atoms with Crippen molar-refractivity contribution in [3.05, 3.63) is 76.6 Å². The maximum absolute atomic E-state index is 12.8. The van der Waals surface area contributed by atoms with Crippen molar-refractivity contribution in [1.82, 2.24) is 24.7 Å². The number of thiazole rings is 1. The standard InChI is InChI=1S/C21H18N6O2S/c28-20(15-4-6-17(7-5-15)29-11-16-12-30-13-24-16)25-19-10-18(14-2-3-14)26-27(19)21-22-8-1-9-23-21/h1,4-10,12-14H,2-3,11H2,(H,25,28). The highest BCUT2D eigenvalue weighted by Gasteiger charge is 2.28. The zero-order valence-corrected chi connectivity index (χ0v) is 16.7. The van der Waals surface area contributed by atoms with Gasteiger partial charge in [0, 0.05) is 35.3 Å². The molecule has 0 radical (unpaired) electrons. The van der Waals surface area contributed by atoms with Gasteiger partial charge in [0.25, 0.3) is 11.9 Å². The Morgan fingerprint density at radius 3 is 2.67 bits per heavy atom. The molecule has 150 valence electrons. The zero-order chi connectivity index (χ0) is 20.3. The van der Waals surface area contributed by atoms with Crippen molar-refractivity contribution in [1.29, 1.82) is 0 Å². The minimum Gasteiger partial charge on any atom is -0.487 e. The third-order valence-electron chi connectivity index (χ3n) is 4.69. The second-order valence-corrected chi connectivity index (χ2v) is 7.65. The highest BCUT2D eigenvalue weighted by Crippen LogP contribution is 2.40. The molecule has 0 saturated heterocycles. The van der Waals surface area contributed by atoms with E-state index >= 15 is 0 Å². The number of amides is 1. The molecule has 1 aromatic carbocycles. The van der Waals surface area contributed by atoms with Gasteiger partial charge in [-0.1, -0.05) is 0 Å². The van der Waals surface area contributed by atoms with Gasteiger partial charge in [0.05, 0.1) is 16.9 Å². The van der Waals surface area contributed by atoms with Crippen LogP contribution in [0.5, 0.6) is 5.75 Å². The van der Waals surface area contributed by atoms with Crippen molar-refractivity contribution in [2.24, 2.45) is 0 Å². The lowest BCUT2D eigenvalue weighted by Crippen LogP contribution is -2.16. The van der Waals surface area contributed by atoms with Crippen LogP contribution in [-0.4, -0.2) is 30.6 Å². The van der Waals surface area contributed by atoms with Crippen molar-refractivity contribution >= 4 is 23.1 Å². The topological polar surface area (TPSA) is 94.8 Å². The van der Waals surface area contributed by atoms with Crippen LogP contribution in [-0.2, 0) is 6.61 Å². The van der Waals surface area contributed by atoms with E-state index < -0.39 is 0 Å². The monoisotopic (exact) mass is 418 g/mol. The molecule has 1 N–H and O–H groups in total. The van der Waals surface area contributed by atoms with Crippen LogP contribution in [0.3, 0.4) is 0 Å². The fourth-order valence-corrected chi connectivity index (χ4v) is 3.52. The van der Waals surface area contributed by atoms with Gasteiger partial charge in [-0.25, -0.2) is 15.0 Å². The van der Waals surface area contributed by atoms with Crippen LogP contribution >= 0.6 is 11.3 Å². The first-order chi connectivity index (χ1) is 14.8. The van der Waals surface area contributed by atoms with E-state index in [9.17, 15) is 4.79 Å². The van der Waals surface area contributed by atoms with E-state index in [0.717, 1.165) is 24.2 Å². The molecule has 1 aliphatic carbocycles. The van der Waals surface area contributed by atoms with E-state index in [1.807, 2.05) is 11.4 Å². The molecule has 9 heteroatoms. The van der Waals surface area contributed by atoms with Crippen LogP contribution in [0.2, 0.25) is 0 Å². The van der Waals surface area contributed by atoms with Gasteiger partial charge in [-0.2, -0.15) is 9.78 Å². The molecule has 0 unspecified atom stereocenters. The summed E-state index contributed by atoms with van der Waals surface area (Å²) in [5.41, 5.74) is 4.12. The number of nitrogens with zero attached hydrogens (tertiary/aromatic N) is 5. The number of benzene rings is 1. The Kier molecular flexibility index (Phi) is 4.94. The number of ether oxygens (including phenoxy) is 1. The summed E-state index contributed by atoms with van der Waals surface area (Å²) < 4.78 is 7.28. The molecule has 1 fully saturated rings. The number of carbonyl (C=O) groups is 1. The molecule has 8 nitrogen and oxygen atoms in total. The predicted molar refractivity (Wildman–Crippen MR) is 112 cm³/mol. The molecular weight excluding hydrogens is 400 g/mol. The molecule has 1 saturated carbocycles. The summed E-state index contributed by atoms with van der Waals surface area (Å²) in [5.74, 6) is 1.86. The largest absolute Gasteiger partial charge is 0.487 e. The molecule has 0 aliphatic heterocycles. The molecule has 0 atom stereocenters. The lowest BCUT2D eigenvalue weighted by molar-refractivity contribution is 0.102. The molecule has 30 heavy (non-hydrogen) atoms. The average molecular weight is 418 g/mol. The number of rotatable bonds is 7. The molecule has 0 spiro atoms. The van der Waals surface area contributed by atoms with E-state index in [1.54, 1.807) is 52.9 Å².